The van der Waals surface area contributed by atoms with E-state index in [0.29, 0.717) is 6.42 Å². The summed E-state index contributed by atoms with van der Waals surface area (Å²) in [6, 6.07) is 0. The average molecular weight is 259 g/mol. The molecule has 0 aliphatic carbocycles. The highest BCUT2D eigenvalue weighted by atomic mass is 32.2. The third-order valence-electron chi connectivity index (χ3n) is 2.36. The number of sulfone groups is 1. The fourth-order valence-corrected chi connectivity index (χ4v) is 2.84. The number of rotatable bonds is 3. The van der Waals surface area contributed by atoms with Crippen LogP contribution in [0.1, 0.15) is 19.3 Å². The highest BCUT2D eigenvalue weighted by Crippen LogP contribution is 2.28. The van der Waals surface area contributed by atoms with Crippen molar-refractivity contribution in [2.45, 2.75) is 30.8 Å². The summed E-state index contributed by atoms with van der Waals surface area (Å²) < 4.78 is 59.1. The van der Waals surface area contributed by atoms with E-state index in [1.807, 2.05) is 0 Å². The molecule has 0 spiro atoms. The standard InChI is InChI=1S/C8H12F3NO3S/c1-16(14,15)7(5-8(9,10)11)12-4-2-3-6(12)13/h7H,2-5H2,1H3. The first-order valence-electron chi connectivity index (χ1n) is 4.66. The molecule has 1 saturated heterocycles. The first-order valence-corrected chi connectivity index (χ1v) is 6.62. The van der Waals surface area contributed by atoms with E-state index in [4.69, 9.17) is 0 Å². The zero-order valence-electron chi connectivity index (χ0n) is 8.62. The summed E-state index contributed by atoms with van der Waals surface area (Å²) in [6.45, 7) is 0.0760. The Morgan fingerprint density at radius 3 is 2.31 bits per heavy atom. The number of amides is 1. The molecule has 1 fully saturated rings. The second-order valence-electron chi connectivity index (χ2n) is 3.79. The molecule has 16 heavy (non-hydrogen) atoms. The second-order valence-corrected chi connectivity index (χ2v) is 6.00. The van der Waals surface area contributed by atoms with E-state index in [-0.39, 0.29) is 13.0 Å². The molecule has 1 aliphatic rings. The number of hydrogen-bond donors (Lipinski definition) is 0. The minimum absolute atomic E-state index is 0.0760. The molecule has 8 heteroatoms. The molecule has 4 nitrogen and oxygen atoms in total. The van der Waals surface area contributed by atoms with Crippen LogP contribution < -0.4 is 0 Å². The SMILES string of the molecule is CS(=O)(=O)C(CC(F)(F)F)N1CCCC1=O. The van der Waals surface area contributed by atoms with Gasteiger partial charge in [0.25, 0.3) is 0 Å². The molecule has 1 unspecified atom stereocenters. The Bertz CT molecular complexity index is 376. The van der Waals surface area contributed by atoms with E-state index in [0.717, 1.165) is 11.2 Å². The van der Waals surface area contributed by atoms with Crippen molar-refractivity contribution in [3.8, 4) is 0 Å². The van der Waals surface area contributed by atoms with Crippen LogP contribution in [0.4, 0.5) is 13.2 Å². The molecule has 0 saturated carbocycles. The number of carbonyl (C=O) groups is 1. The number of likely N-dealkylation sites (tertiary alicyclic amines) is 1. The fourth-order valence-electron chi connectivity index (χ4n) is 1.66. The number of hydrogen-bond acceptors (Lipinski definition) is 3. The molecule has 1 rings (SSSR count). The predicted octanol–water partition coefficient (Wildman–Crippen LogP) is 0.932. The molecule has 1 heterocycles. The molecule has 1 atom stereocenters. The Hall–Kier alpha value is -0.790. The van der Waals surface area contributed by atoms with Gasteiger partial charge < -0.3 is 4.90 Å². The molecular weight excluding hydrogens is 247 g/mol. The maximum Gasteiger partial charge on any atom is 0.392 e. The van der Waals surface area contributed by atoms with Crippen LogP contribution in [0.25, 0.3) is 0 Å². The normalized spacial score (nSPS) is 20.2. The molecule has 1 aliphatic heterocycles. The van der Waals surface area contributed by atoms with E-state index in [1.54, 1.807) is 0 Å². The molecule has 0 aromatic rings. The Labute approximate surface area is 91.3 Å². The van der Waals surface area contributed by atoms with Crippen LogP contribution in [0, 0.1) is 0 Å². The number of carbonyl (C=O) groups excluding carboxylic acids is 1. The van der Waals surface area contributed by atoms with Gasteiger partial charge in [-0.15, -0.1) is 0 Å². The van der Waals surface area contributed by atoms with Crippen LogP contribution in [0.5, 0.6) is 0 Å². The van der Waals surface area contributed by atoms with E-state index in [1.165, 1.54) is 0 Å². The van der Waals surface area contributed by atoms with E-state index >= 15 is 0 Å². The van der Waals surface area contributed by atoms with Crippen molar-refractivity contribution < 1.29 is 26.4 Å². The Morgan fingerprint density at radius 1 is 1.44 bits per heavy atom. The minimum atomic E-state index is -4.60. The van der Waals surface area contributed by atoms with Gasteiger partial charge in [-0.1, -0.05) is 0 Å². The van der Waals surface area contributed by atoms with Gasteiger partial charge in [0, 0.05) is 19.2 Å². The topological polar surface area (TPSA) is 54.5 Å². The molecule has 0 aromatic carbocycles. The summed E-state index contributed by atoms with van der Waals surface area (Å²) >= 11 is 0. The Kier molecular flexibility index (Phi) is 3.51. The summed E-state index contributed by atoms with van der Waals surface area (Å²) in [4.78, 5) is 12.1. The monoisotopic (exact) mass is 259 g/mol. The van der Waals surface area contributed by atoms with Crippen LogP contribution in [0.2, 0.25) is 0 Å². The van der Waals surface area contributed by atoms with Gasteiger partial charge in [0.1, 0.15) is 5.37 Å². The number of halogens is 3. The van der Waals surface area contributed by atoms with Crippen molar-refractivity contribution in [3.63, 3.8) is 0 Å². The molecule has 94 valence electrons. The lowest BCUT2D eigenvalue weighted by atomic mass is 10.4. The van der Waals surface area contributed by atoms with Gasteiger partial charge in [-0.05, 0) is 6.42 Å². The van der Waals surface area contributed by atoms with Crippen LogP contribution in [-0.2, 0) is 14.6 Å². The molecule has 0 bridgehead atoms. The number of alkyl halides is 3. The van der Waals surface area contributed by atoms with E-state index < -0.39 is 33.7 Å². The second kappa shape index (κ2) is 4.23. The minimum Gasteiger partial charge on any atom is -0.325 e. The summed E-state index contributed by atoms with van der Waals surface area (Å²) in [7, 11) is -3.93. The smallest absolute Gasteiger partial charge is 0.325 e. The Balaban J connectivity index is 2.93. The lowest BCUT2D eigenvalue weighted by Crippen LogP contribution is -2.44. The lowest BCUT2D eigenvalue weighted by molar-refractivity contribution is -0.146. The van der Waals surface area contributed by atoms with Crippen LogP contribution >= 0.6 is 0 Å². The van der Waals surface area contributed by atoms with E-state index in [2.05, 4.69) is 0 Å². The van der Waals surface area contributed by atoms with E-state index in [9.17, 15) is 26.4 Å². The van der Waals surface area contributed by atoms with Crippen molar-refractivity contribution in [2.24, 2.45) is 0 Å². The van der Waals surface area contributed by atoms with Gasteiger partial charge in [-0.3, -0.25) is 4.79 Å². The van der Waals surface area contributed by atoms with Crippen molar-refractivity contribution in [1.82, 2.24) is 4.90 Å². The third kappa shape index (κ3) is 3.36. The van der Waals surface area contributed by atoms with Crippen molar-refractivity contribution in [2.75, 3.05) is 12.8 Å². The van der Waals surface area contributed by atoms with Crippen molar-refractivity contribution in [3.05, 3.63) is 0 Å². The van der Waals surface area contributed by atoms with Gasteiger partial charge in [-0.2, -0.15) is 13.2 Å². The highest BCUT2D eigenvalue weighted by Gasteiger charge is 2.42. The largest absolute Gasteiger partial charge is 0.392 e. The van der Waals surface area contributed by atoms with Crippen LogP contribution in [0.15, 0.2) is 0 Å². The van der Waals surface area contributed by atoms with Gasteiger partial charge in [0.15, 0.2) is 9.84 Å². The molecule has 1 amide bonds. The van der Waals surface area contributed by atoms with Gasteiger partial charge in [-0.25, -0.2) is 8.42 Å². The lowest BCUT2D eigenvalue weighted by Gasteiger charge is -2.26. The van der Waals surface area contributed by atoms with Crippen molar-refractivity contribution in [1.29, 1.82) is 0 Å². The number of nitrogens with zero attached hydrogens (tertiary/aromatic N) is 1. The summed E-state index contributed by atoms with van der Waals surface area (Å²) in [6.07, 6.45) is -4.87. The maximum atomic E-state index is 12.2. The molecule has 0 N–H and O–H groups in total. The third-order valence-corrected chi connectivity index (χ3v) is 3.77. The molecular formula is C8H12F3NO3S. The fraction of sp³-hybridized carbons (Fsp3) is 0.875. The quantitative estimate of drug-likeness (QED) is 0.757. The highest BCUT2D eigenvalue weighted by molar-refractivity contribution is 7.91. The Morgan fingerprint density at radius 2 is 2.00 bits per heavy atom. The first kappa shape index (κ1) is 13.3. The zero-order chi connectivity index (χ0) is 12.6. The maximum absolute atomic E-state index is 12.2. The van der Waals surface area contributed by atoms with Gasteiger partial charge in [0.05, 0.1) is 6.42 Å². The molecule has 0 aromatic heterocycles. The summed E-state index contributed by atoms with van der Waals surface area (Å²) in [5, 5.41) is -1.78. The predicted molar refractivity (Wildman–Crippen MR) is 50.3 cm³/mol. The van der Waals surface area contributed by atoms with Gasteiger partial charge >= 0.3 is 6.18 Å². The van der Waals surface area contributed by atoms with Crippen molar-refractivity contribution >= 4 is 15.7 Å². The molecule has 0 radical (unpaired) electrons. The van der Waals surface area contributed by atoms with Crippen LogP contribution in [0.3, 0.4) is 0 Å². The van der Waals surface area contributed by atoms with Crippen LogP contribution in [-0.4, -0.2) is 43.6 Å². The zero-order valence-corrected chi connectivity index (χ0v) is 9.44. The van der Waals surface area contributed by atoms with Gasteiger partial charge in [0.2, 0.25) is 5.91 Å². The summed E-state index contributed by atoms with van der Waals surface area (Å²) in [5.41, 5.74) is 0. The first-order chi connectivity index (χ1) is 7.11. The summed E-state index contributed by atoms with van der Waals surface area (Å²) in [5.74, 6) is -0.528. The average Bonchev–Trinajstić information content (AvgIpc) is 2.43.